The van der Waals surface area contributed by atoms with Gasteiger partial charge in [-0.1, -0.05) is 18.2 Å². The Morgan fingerprint density at radius 3 is 2.75 bits per heavy atom. The van der Waals surface area contributed by atoms with E-state index < -0.39 is 0 Å². The average molecular weight is 343 g/mol. The lowest BCUT2D eigenvalue weighted by Crippen LogP contribution is -2.47. The van der Waals surface area contributed by atoms with Gasteiger partial charge in [-0.05, 0) is 29.1 Å². The van der Waals surface area contributed by atoms with Crippen LogP contribution in [0.4, 0.5) is 0 Å². The van der Waals surface area contributed by atoms with Crippen LogP contribution in [0.15, 0.2) is 41.8 Å². The summed E-state index contributed by atoms with van der Waals surface area (Å²) in [5.41, 5.74) is 1.80. The summed E-state index contributed by atoms with van der Waals surface area (Å²) in [6.45, 7) is 3.34. The van der Waals surface area contributed by atoms with Gasteiger partial charge in [0.25, 0.3) is 5.91 Å². The molecule has 1 N–H and O–H groups in total. The molecule has 0 unspecified atom stereocenters. The Bertz CT molecular complexity index is 698. The van der Waals surface area contributed by atoms with E-state index in [1.54, 1.807) is 16.2 Å². The molecule has 1 aliphatic rings. The van der Waals surface area contributed by atoms with Gasteiger partial charge in [-0.2, -0.15) is 0 Å². The Labute approximate surface area is 145 Å². The maximum absolute atomic E-state index is 12.5. The molecule has 1 aromatic heterocycles. The Balaban J connectivity index is 1.59. The van der Waals surface area contributed by atoms with Crippen molar-refractivity contribution in [2.45, 2.75) is 13.1 Å². The summed E-state index contributed by atoms with van der Waals surface area (Å²) in [5.74, 6) is 0.0931. The summed E-state index contributed by atoms with van der Waals surface area (Å²) in [6, 6.07) is 11.7. The van der Waals surface area contributed by atoms with Gasteiger partial charge in [-0.25, -0.2) is 0 Å². The molecule has 0 radical (unpaired) electrons. The van der Waals surface area contributed by atoms with E-state index in [2.05, 4.69) is 10.2 Å². The van der Waals surface area contributed by atoms with Crippen LogP contribution >= 0.6 is 11.3 Å². The van der Waals surface area contributed by atoms with E-state index in [-0.39, 0.29) is 11.8 Å². The fourth-order valence-electron chi connectivity index (χ4n) is 2.77. The highest BCUT2D eigenvalue weighted by Gasteiger charge is 2.17. The largest absolute Gasteiger partial charge is 0.354 e. The summed E-state index contributed by atoms with van der Waals surface area (Å²) >= 11 is 1.65. The molecule has 0 aliphatic carbocycles. The lowest BCUT2D eigenvalue weighted by molar-refractivity contribution is -0.124. The number of carbonyl (C=O) groups is 2. The second-order valence-corrected chi connectivity index (χ2v) is 7.03. The minimum atomic E-state index is 0.0206. The number of hydrogen-bond donors (Lipinski definition) is 1. The lowest BCUT2D eigenvalue weighted by atomic mass is 10.1. The third-order valence-corrected chi connectivity index (χ3v) is 4.91. The van der Waals surface area contributed by atoms with Crippen LogP contribution in [0, 0.1) is 0 Å². The van der Waals surface area contributed by atoms with E-state index in [0.29, 0.717) is 25.2 Å². The van der Waals surface area contributed by atoms with Crippen LogP contribution < -0.4 is 5.32 Å². The van der Waals surface area contributed by atoms with Crippen LogP contribution in [-0.2, 0) is 17.9 Å². The van der Waals surface area contributed by atoms with Gasteiger partial charge in [0.2, 0.25) is 5.91 Å². The van der Waals surface area contributed by atoms with Crippen LogP contribution in [0.3, 0.4) is 0 Å². The van der Waals surface area contributed by atoms with Crippen LogP contribution in [-0.4, -0.2) is 48.3 Å². The molecule has 126 valence electrons. The first-order chi connectivity index (χ1) is 11.6. The molecule has 5 nitrogen and oxygen atoms in total. The topological polar surface area (TPSA) is 52.7 Å². The molecular formula is C18H21N3O2S. The monoisotopic (exact) mass is 343 g/mol. The minimum absolute atomic E-state index is 0.0206. The number of hydrogen-bond acceptors (Lipinski definition) is 4. The number of carbonyl (C=O) groups excluding carboxylic acids is 2. The molecule has 1 fully saturated rings. The van der Waals surface area contributed by atoms with Crippen LogP contribution in [0.5, 0.6) is 0 Å². The molecule has 0 saturated carbocycles. The Morgan fingerprint density at radius 2 is 2.08 bits per heavy atom. The number of piperazine rings is 1. The highest BCUT2D eigenvalue weighted by molar-refractivity contribution is 7.09. The molecule has 0 bridgehead atoms. The SMILES string of the molecule is CN(Cc1cccs1)C(=O)c1ccc(CN2CCNC(=O)C2)cc1. The van der Waals surface area contributed by atoms with Crippen molar-refractivity contribution in [2.75, 3.05) is 26.7 Å². The van der Waals surface area contributed by atoms with Crippen molar-refractivity contribution in [3.63, 3.8) is 0 Å². The predicted octanol–water partition coefficient (Wildman–Crippen LogP) is 1.95. The smallest absolute Gasteiger partial charge is 0.253 e. The molecule has 0 atom stereocenters. The summed E-state index contributed by atoms with van der Waals surface area (Å²) in [6.07, 6.45) is 0. The van der Waals surface area contributed by atoms with Gasteiger partial charge in [-0.15, -0.1) is 11.3 Å². The molecule has 2 amide bonds. The summed E-state index contributed by atoms with van der Waals surface area (Å²) in [4.78, 5) is 28.9. The quantitative estimate of drug-likeness (QED) is 0.903. The van der Waals surface area contributed by atoms with Crippen LogP contribution in [0.2, 0.25) is 0 Å². The normalized spacial score (nSPS) is 15.1. The zero-order valence-corrected chi connectivity index (χ0v) is 14.5. The maximum atomic E-state index is 12.5. The van der Waals surface area contributed by atoms with Crippen molar-refractivity contribution < 1.29 is 9.59 Å². The molecule has 1 saturated heterocycles. The van der Waals surface area contributed by atoms with Crippen molar-refractivity contribution in [3.8, 4) is 0 Å². The number of benzene rings is 1. The maximum Gasteiger partial charge on any atom is 0.253 e. The Kier molecular flexibility index (Phi) is 5.27. The number of nitrogens with one attached hydrogen (secondary N) is 1. The molecule has 0 spiro atoms. The van der Waals surface area contributed by atoms with Crippen molar-refractivity contribution in [1.29, 1.82) is 0 Å². The van der Waals surface area contributed by atoms with Gasteiger partial charge in [0.15, 0.2) is 0 Å². The Hall–Kier alpha value is -2.18. The number of nitrogens with zero attached hydrogens (tertiary/aromatic N) is 2. The van der Waals surface area contributed by atoms with Crippen LogP contribution in [0.1, 0.15) is 20.8 Å². The second kappa shape index (κ2) is 7.59. The van der Waals surface area contributed by atoms with Gasteiger partial charge in [-0.3, -0.25) is 14.5 Å². The molecule has 6 heteroatoms. The van der Waals surface area contributed by atoms with Crippen molar-refractivity contribution >= 4 is 23.2 Å². The van der Waals surface area contributed by atoms with E-state index in [4.69, 9.17) is 0 Å². The average Bonchev–Trinajstić information content (AvgIpc) is 3.08. The summed E-state index contributed by atoms with van der Waals surface area (Å²) in [5, 5.41) is 4.84. The van der Waals surface area contributed by atoms with Gasteiger partial charge < -0.3 is 10.2 Å². The molecule has 2 aromatic rings. The number of rotatable bonds is 5. The summed E-state index contributed by atoms with van der Waals surface area (Å²) < 4.78 is 0. The zero-order chi connectivity index (χ0) is 16.9. The van der Waals surface area contributed by atoms with Crippen molar-refractivity contribution in [3.05, 3.63) is 57.8 Å². The van der Waals surface area contributed by atoms with Gasteiger partial charge in [0.1, 0.15) is 0 Å². The summed E-state index contributed by atoms with van der Waals surface area (Å²) in [7, 11) is 1.82. The zero-order valence-electron chi connectivity index (χ0n) is 13.7. The van der Waals surface area contributed by atoms with E-state index >= 15 is 0 Å². The molecular weight excluding hydrogens is 322 g/mol. The van der Waals surface area contributed by atoms with E-state index in [9.17, 15) is 9.59 Å². The highest BCUT2D eigenvalue weighted by Crippen LogP contribution is 2.14. The van der Waals surface area contributed by atoms with E-state index in [1.807, 2.05) is 48.8 Å². The standard InChI is InChI=1S/C18H21N3O2S/c1-20(12-16-3-2-10-24-16)18(23)15-6-4-14(5-7-15)11-21-9-8-19-17(22)13-21/h2-7,10H,8-9,11-13H2,1H3,(H,19,22). The fraction of sp³-hybridized carbons (Fsp3) is 0.333. The lowest BCUT2D eigenvalue weighted by Gasteiger charge is -2.26. The predicted molar refractivity (Wildman–Crippen MR) is 94.8 cm³/mol. The number of thiophene rings is 1. The molecule has 3 rings (SSSR count). The first kappa shape index (κ1) is 16.7. The molecule has 24 heavy (non-hydrogen) atoms. The van der Waals surface area contributed by atoms with E-state index in [0.717, 1.165) is 18.7 Å². The third kappa shape index (κ3) is 4.21. The molecule has 1 aliphatic heterocycles. The molecule has 1 aromatic carbocycles. The van der Waals surface area contributed by atoms with Gasteiger partial charge >= 0.3 is 0 Å². The molecule has 2 heterocycles. The minimum Gasteiger partial charge on any atom is -0.354 e. The first-order valence-corrected chi connectivity index (χ1v) is 8.85. The fourth-order valence-corrected chi connectivity index (χ4v) is 3.52. The van der Waals surface area contributed by atoms with Crippen molar-refractivity contribution in [2.24, 2.45) is 0 Å². The van der Waals surface area contributed by atoms with Gasteiger partial charge in [0, 0.05) is 37.1 Å². The first-order valence-electron chi connectivity index (χ1n) is 7.97. The third-order valence-electron chi connectivity index (χ3n) is 4.04. The van der Waals surface area contributed by atoms with Crippen molar-refractivity contribution in [1.82, 2.24) is 15.1 Å². The van der Waals surface area contributed by atoms with Crippen LogP contribution in [0.25, 0.3) is 0 Å². The van der Waals surface area contributed by atoms with Gasteiger partial charge in [0.05, 0.1) is 13.1 Å². The highest BCUT2D eigenvalue weighted by atomic mass is 32.1. The van der Waals surface area contributed by atoms with E-state index in [1.165, 1.54) is 4.88 Å². The number of amides is 2. The Morgan fingerprint density at radius 1 is 1.29 bits per heavy atom. The second-order valence-electron chi connectivity index (χ2n) is 6.00.